The molecule has 2 rings (SSSR count). The second-order valence-electron chi connectivity index (χ2n) is 4.82. The maximum Gasteiger partial charge on any atom is 0.246 e. The van der Waals surface area contributed by atoms with Crippen molar-refractivity contribution in [2.75, 3.05) is 32.1 Å². The lowest BCUT2D eigenvalue weighted by molar-refractivity contribution is -0.0750. The number of hydrogen-bond donors (Lipinski definition) is 2. The number of ether oxygens (including phenoxy) is 1. The molecule has 1 aromatic heterocycles. The molecular weight excluding hydrogens is 362 g/mol. The van der Waals surface area contributed by atoms with E-state index in [1.807, 2.05) is 0 Å². The molecule has 0 amide bonds. The molecule has 0 aromatic carbocycles. The largest absolute Gasteiger partial charge is 0.394 e. The number of pyridine rings is 1. The summed E-state index contributed by atoms with van der Waals surface area (Å²) in [5, 5.41) is 12.0. The number of anilines is 1. The Balaban J connectivity index is 2.39. The summed E-state index contributed by atoms with van der Waals surface area (Å²) in [6.07, 6.45) is 0.744. The molecule has 0 aliphatic carbocycles. The van der Waals surface area contributed by atoms with E-state index in [1.54, 1.807) is 14.0 Å². The maximum absolute atomic E-state index is 12.8. The first kappa shape index (κ1) is 16.6. The van der Waals surface area contributed by atoms with Crippen LogP contribution in [0.15, 0.2) is 21.6 Å². The molecule has 1 fully saturated rings. The number of nitrogens with zero attached hydrogens (tertiary/aromatic N) is 2. The molecule has 118 valence electrons. The average molecular weight is 380 g/mol. The predicted molar refractivity (Wildman–Crippen MR) is 81.7 cm³/mol. The second-order valence-corrected chi connectivity index (χ2v) is 7.65. The molecule has 2 N–H and O–H groups in total. The van der Waals surface area contributed by atoms with Gasteiger partial charge in [-0.3, -0.25) is 0 Å². The normalized spacial score (nSPS) is 24.0. The van der Waals surface area contributed by atoms with Gasteiger partial charge in [-0.15, -0.1) is 0 Å². The average Bonchev–Trinajstić information content (AvgIpc) is 2.46. The number of morpholine rings is 1. The highest BCUT2D eigenvalue weighted by atomic mass is 79.9. The van der Waals surface area contributed by atoms with Crippen molar-refractivity contribution >= 4 is 31.8 Å². The van der Waals surface area contributed by atoms with Gasteiger partial charge in [0.1, 0.15) is 10.7 Å². The second kappa shape index (κ2) is 6.57. The third kappa shape index (κ3) is 3.54. The molecule has 0 saturated carbocycles. The van der Waals surface area contributed by atoms with E-state index in [0.717, 1.165) is 0 Å². The van der Waals surface area contributed by atoms with E-state index in [2.05, 4.69) is 26.2 Å². The van der Waals surface area contributed by atoms with Gasteiger partial charge in [-0.2, -0.15) is 4.31 Å². The molecule has 2 atom stereocenters. The van der Waals surface area contributed by atoms with Crippen molar-refractivity contribution in [3.63, 3.8) is 0 Å². The first-order valence-electron chi connectivity index (χ1n) is 6.48. The lowest BCUT2D eigenvalue weighted by Crippen LogP contribution is -2.50. The Kier molecular flexibility index (Phi) is 5.20. The number of nitrogens with one attached hydrogen (secondary N) is 1. The van der Waals surface area contributed by atoms with Gasteiger partial charge in [0.15, 0.2) is 0 Å². The molecule has 1 saturated heterocycles. The van der Waals surface area contributed by atoms with E-state index in [1.165, 1.54) is 16.6 Å². The summed E-state index contributed by atoms with van der Waals surface area (Å²) < 4.78 is 33.0. The summed E-state index contributed by atoms with van der Waals surface area (Å²) in [5.74, 6) is 0.290. The van der Waals surface area contributed by atoms with Crippen LogP contribution < -0.4 is 5.32 Å². The van der Waals surface area contributed by atoms with Gasteiger partial charge in [-0.25, -0.2) is 13.4 Å². The number of aromatic nitrogens is 1. The number of hydrogen-bond acceptors (Lipinski definition) is 6. The zero-order valence-electron chi connectivity index (χ0n) is 11.8. The Hall–Kier alpha value is -0.740. The summed E-state index contributed by atoms with van der Waals surface area (Å²) in [7, 11) is -2.10. The van der Waals surface area contributed by atoms with Crippen LogP contribution in [0, 0.1) is 0 Å². The van der Waals surface area contributed by atoms with Crippen molar-refractivity contribution in [3.8, 4) is 0 Å². The summed E-state index contributed by atoms with van der Waals surface area (Å²) >= 11 is 3.24. The summed E-state index contributed by atoms with van der Waals surface area (Å²) in [4.78, 5) is 4.17. The van der Waals surface area contributed by atoms with Crippen LogP contribution in [-0.4, -0.2) is 61.8 Å². The van der Waals surface area contributed by atoms with E-state index in [0.29, 0.717) is 4.47 Å². The van der Waals surface area contributed by atoms with E-state index in [4.69, 9.17) is 4.74 Å². The van der Waals surface area contributed by atoms with Crippen LogP contribution in [-0.2, 0) is 14.8 Å². The first-order valence-corrected chi connectivity index (χ1v) is 8.71. The standard InChI is InChI=1S/C12H18BrN3O4S/c1-8-5-16(6-10(7-17)20-8)21(18,19)11-3-9(13)4-15-12(11)14-2/h3-4,8,10,17H,5-7H2,1-2H3,(H,14,15). The number of aliphatic hydroxyl groups is 1. The van der Waals surface area contributed by atoms with Gasteiger partial charge in [0.25, 0.3) is 0 Å². The maximum atomic E-state index is 12.8. The Morgan fingerprint density at radius 1 is 1.57 bits per heavy atom. The minimum absolute atomic E-state index is 0.102. The Bertz CT molecular complexity index is 611. The van der Waals surface area contributed by atoms with Crippen LogP contribution in [0.1, 0.15) is 6.92 Å². The van der Waals surface area contributed by atoms with E-state index < -0.39 is 16.1 Å². The van der Waals surface area contributed by atoms with Gasteiger partial charge in [0, 0.05) is 30.8 Å². The minimum atomic E-state index is -3.72. The molecule has 21 heavy (non-hydrogen) atoms. The van der Waals surface area contributed by atoms with Crippen LogP contribution in [0.5, 0.6) is 0 Å². The fourth-order valence-corrected chi connectivity index (χ4v) is 4.45. The number of rotatable bonds is 4. The molecule has 1 aliphatic heterocycles. The molecular formula is C12H18BrN3O4S. The monoisotopic (exact) mass is 379 g/mol. The predicted octanol–water partition coefficient (Wildman–Crippen LogP) is 0.656. The summed E-state index contributed by atoms with van der Waals surface area (Å²) in [6, 6.07) is 1.52. The van der Waals surface area contributed by atoms with Gasteiger partial charge in [0.2, 0.25) is 10.0 Å². The molecule has 0 bridgehead atoms. The topological polar surface area (TPSA) is 91.8 Å². The Labute approximate surface area is 132 Å². The van der Waals surface area contributed by atoms with Crippen LogP contribution >= 0.6 is 15.9 Å². The highest BCUT2D eigenvalue weighted by molar-refractivity contribution is 9.10. The van der Waals surface area contributed by atoms with Gasteiger partial charge in [-0.1, -0.05) is 0 Å². The van der Waals surface area contributed by atoms with Crippen molar-refractivity contribution in [1.29, 1.82) is 0 Å². The summed E-state index contributed by atoms with van der Waals surface area (Å²) in [5.41, 5.74) is 0. The van der Waals surface area contributed by atoms with Crippen molar-refractivity contribution in [3.05, 3.63) is 16.7 Å². The van der Waals surface area contributed by atoms with Gasteiger partial charge in [-0.05, 0) is 28.9 Å². The molecule has 1 aliphatic rings. The Morgan fingerprint density at radius 2 is 2.29 bits per heavy atom. The smallest absolute Gasteiger partial charge is 0.246 e. The molecule has 1 aromatic rings. The van der Waals surface area contributed by atoms with Gasteiger partial charge >= 0.3 is 0 Å². The molecule has 2 unspecified atom stereocenters. The van der Waals surface area contributed by atoms with E-state index >= 15 is 0 Å². The van der Waals surface area contributed by atoms with Crippen LogP contribution in [0.3, 0.4) is 0 Å². The highest BCUT2D eigenvalue weighted by Crippen LogP contribution is 2.27. The zero-order chi connectivity index (χ0) is 15.6. The lowest BCUT2D eigenvalue weighted by atomic mass is 10.2. The summed E-state index contributed by atoms with van der Waals surface area (Å²) in [6.45, 7) is 1.93. The van der Waals surface area contributed by atoms with E-state index in [9.17, 15) is 13.5 Å². The lowest BCUT2D eigenvalue weighted by Gasteiger charge is -2.35. The Morgan fingerprint density at radius 3 is 2.90 bits per heavy atom. The van der Waals surface area contributed by atoms with E-state index in [-0.39, 0.29) is 36.5 Å². The molecule has 7 nitrogen and oxygen atoms in total. The molecule has 0 radical (unpaired) electrons. The third-order valence-corrected chi connectivity index (χ3v) is 5.45. The number of aliphatic hydroxyl groups excluding tert-OH is 1. The van der Waals surface area contributed by atoms with Crippen LogP contribution in [0.4, 0.5) is 5.82 Å². The number of halogens is 1. The van der Waals surface area contributed by atoms with Crippen molar-refractivity contribution in [1.82, 2.24) is 9.29 Å². The SMILES string of the molecule is CNc1ncc(Br)cc1S(=O)(=O)N1CC(C)OC(CO)C1. The highest BCUT2D eigenvalue weighted by Gasteiger charge is 2.35. The third-order valence-electron chi connectivity index (χ3n) is 3.17. The first-order chi connectivity index (χ1) is 9.88. The zero-order valence-corrected chi connectivity index (χ0v) is 14.2. The quantitative estimate of drug-likeness (QED) is 0.797. The van der Waals surface area contributed by atoms with Crippen LogP contribution in [0.2, 0.25) is 0 Å². The molecule has 2 heterocycles. The molecule has 9 heteroatoms. The van der Waals surface area contributed by atoms with Gasteiger partial charge in [0.05, 0.1) is 18.8 Å². The fourth-order valence-electron chi connectivity index (χ4n) is 2.24. The van der Waals surface area contributed by atoms with Gasteiger partial charge < -0.3 is 15.2 Å². The molecule has 0 spiro atoms. The van der Waals surface area contributed by atoms with Crippen LogP contribution in [0.25, 0.3) is 0 Å². The number of sulfonamides is 1. The van der Waals surface area contributed by atoms with Crippen molar-refractivity contribution in [2.45, 2.75) is 24.0 Å². The van der Waals surface area contributed by atoms with Crippen molar-refractivity contribution < 1.29 is 18.3 Å². The fraction of sp³-hybridized carbons (Fsp3) is 0.583. The van der Waals surface area contributed by atoms with Crippen molar-refractivity contribution in [2.24, 2.45) is 0 Å². The minimum Gasteiger partial charge on any atom is -0.394 e.